The van der Waals surface area contributed by atoms with Gasteiger partial charge in [0.15, 0.2) is 0 Å². The number of aldehydes is 1. The minimum Gasteiger partial charge on any atom is -0.549 e. The van der Waals surface area contributed by atoms with Crippen molar-refractivity contribution in [2.75, 3.05) is 7.11 Å². The second-order valence-corrected chi connectivity index (χ2v) is 2.71. The highest BCUT2D eigenvalue weighted by Gasteiger charge is 2.10. The van der Waals surface area contributed by atoms with Gasteiger partial charge in [-0.1, -0.05) is 12.1 Å². The average molecular weight is 193 g/mol. The lowest BCUT2D eigenvalue weighted by atomic mass is 10.0. The summed E-state index contributed by atoms with van der Waals surface area (Å²) in [5.41, 5.74) is 0.390. The normalized spacial score (nSPS) is 11.8. The van der Waals surface area contributed by atoms with E-state index in [1.54, 1.807) is 12.1 Å². The maximum atomic E-state index is 10.5. The van der Waals surface area contributed by atoms with E-state index in [4.69, 9.17) is 4.74 Å². The molecule has 0 aliphatic carbocycles. The Morgan fingerprint density at radius 2 is 2.00 bits per heavy atom. The Balaban J connectivity index is 2.94. The molecule has 0 aliphatic rings. The van der Waals surface area contributed by atoms with Crippen LogP contribution in [0.3, 0.4) is 0 Å². The summed E-state index contributed by atoms with van der Waals surface area (Å²) in [6.07, 6.45) is 0.344. The lowest BCUT2D eigenvalue weighted by Crippen LogP contribution is -2.30. The fourth-order valence-electron chi connectivity index (χ4n) is 1.08. The summed E-state index contributed by atoms with van der Waals surface area (Å²) in [5.74, 6) is -2.00. The summed E-state index contributed by atoms with van der Waals surface area (Å²) < 4.78 is 4.89. The molecule has 0 fully saturated rings. The summed E-state index contributed by atoms with van der Waals surface area (Å²) in [5, 5.41) is 10.5. The highest BCUT2D eigenvalue weighted by molar-refractivity contribution is 5.91. The molecule has 74 valence electrons. The van der Waals surface area contributed by atoms with E-state index in [0.29, 0.717) is 17.6 Å². The smallest absolute Gasteiger partial charge is 0.133 e. The first-order chi connectivity index (χ1) is 6.69. The largest absolute Gasteiger partial charge is 0.549 e. The first-order valence-corrected chi connectivity index (χ1v) is 3.99. The number of benzene rings is 1. The zero-order valence-electron chi connectivity index (χ0n) is 7.60. The van der Waals surface area contributed by atoms with Crippen LogP contribution in [0, 0.1) is 0 Å². The van der Waals surface area contributed by atoms with Crippen molar-refractivity contribution >= 4 is 12.3 Å². The van der Waals surface area contributed by atoms with Crippen LogP contribution in [0.4, 0.5) is 0 Å². The van der Waals surface area contributed by atoms with Crippen molar-refractivity contribution in [3.63, 3.8) is 0 Å². The van der Waals surface area contributed by atoms with Crippen molar-refractivity contribution in [3.8, 4) is 5.75 Å². The van der Waals surface area contributed by atoms with Crippen LogP contribution in [0.15, 0.2) is 24.3 Å². The summed E-state index contributed by atoms with van der Waals surface area (Å²) >= 11 is 0. The Morgan fingerprint density at radius 1 is 1.43 bits per heavy atom. The molecule has 0 N–H and O–H groups in total. The van der Waals surface area contributed by atoms with Gasteiger partial charge in [0, 0.05) is 0 Å². The van der Waals surface area contributed by atoms with Gasteiger partial charge in [0.2, 0.25) is 0 Å². The maximum absolute atomic E-state index is 10.5. The number of carboxylic acid groups (broad SMARTS) is 1. The second-order valence-electron chi connectivity index (χ2n) is 2.71. The zero-order valence-corrected chi connectivity index (χ0v) is 7.60. The van der Waals surface area contributed by atoms with Gasteiger partial charge in [-0.05, 0) is 17.7 Å². The standard InChI is InChI=1S/C10H10O4/c1-14-8-4-2-7(3-5-8)9(6-11)10(12)13/h2-6,9H,1H3,(H,12,13)/p-1. The van der Waals surface area contributed by atoms with Gasteiger partial charge in [0.25, 0.3) is 0 Å². The van der Waals surface area contributed by atoms with Gasteiger partial charge in [-0.15, -0.1) is 0 Å². The van der Waals surface area contributed by atoms with Gasteiger partial charge in [-0.25, -0.2) is 0 Å². The second kappa shape index (κ2) is 4.41. The molecular weight excluding hydrogens is 184 g/mol. The molecule has 14 heavy (non-hydrogen) atoms. The molecule has 0 saturated carbocycles. The van der Waals surface area contributed by atoms with Crippen LogP contribution < -0.4 is 9.84 Å². The molecule has 0 amide bonds. The first-order valence-electron chi connectivity index (χ1n) is 3.99. The summed E-state index contributed by atoms with van der Waals surface area (Å²) in [6.45, 7) is 0. The highest BCUT2D eigenvalue weighted by Crippen LogP contribution is 2.17. The maximum Gasteiger partial charge on any atom is 0.133 e. The van der Waals surface area contributed by atoms with Crippen molar-refractivity contribution in [3.05, 3.63) is 29.8 Å². The third-order valence-electron chi connectivity index (χ3n) is 1.86. The van der Waals surface area contributed by atoms with Crippen LogP contribution in [0.5, 0.6) is 5.75 Å². The Kier molecular flexibility index (Phi) is 3.23. The Labute approximate surface area is 81.1 Å². The molecule has 0 heterocycles. The Hall–Kier alpha value is -1.84. The molecule has 1 rings (SSSR count). The van der Waals surface area contributed by atoms with Gasteiger partial charge in [0.1, 0.15) is 12.0 Å². The molecule has 0 aliphatic heterocycles. The van der Waals surface area contributed by atoms with Crippen LogP contribution in [0.1, 0.15) is 11.5 Å². The molecule has 1 unspecified atom stereocenters. The van der Waals surface area contributed by atoms with Gasteiger partial charge >= 0.3 is 0 Å². The number of carbonyl (C=O) groups excluding carboxylic acids is 2. The van der Waals surface area contributed by atoms with Crippen molar-refractivity contribution in [1.82, 2.24) is 0 Å². The Bertz CT molecular complexity index is 328. The predicted octanol–water partition coefficient (Wildman–Crippen LogP) is -0.272. The molecule has 0 radical (unpaired) electrons. The Morgan fingerprint density at radius 3 is 2.36 bits per heavy atom. The molecule has 0 spiro atoms. The molecule has 0 aromatic heterocycles. The van der Waals surface area contributed by atoms with E-state index >= 15 is 0 Å². The third-order valence-corrected chi connectivity index (χ3v) is 1.86. The number of hydrogen-bond acceptors (Lipinski definition) is 4. The first kappa shape index (κ1) is 10.2. The lowest BCUT2D eigenvalue weighted by Gasteiger charge is -2.11. The molecule has 1 aromatic rings. The van der Waals surface area contributed by atoms with E-state index < -0.39 is 11.9 Å². The van der Waals surface area contributed by atoms with Gasteiger partial charge in [0.05, 0.1) is 19.0 Å². The van der Waals surface area contributed by atoms with Gasteiger partial charge in [-0.3, -0.25) is 0 Å². The fourth-order valence-corrected chi connectivity index (χ4v) is 1.08. The number of methoxy groups -OCH3 is 1. The summed E-state index contributed by atoms with van der Waals surface area (Å²) in [4.78, 5) is 21.0. The zero-order chi connectivity index (χ0) is 10.6. The van der Waals surface area contributed by atoms with Crippen molar-refractivity contribution in [1.29, 1.82) is 0 Å². The van der Waals surface area contributed by atoms with Crippen LogP contribution in [-0.4, -0.2) is 19.4 Å². The number of carbonyl (C=O) groups is 2. The topological polar surface area (TPSA) is 66.4 Å². The van der Waals surface area contributed by atoms with Gasteiger partial charge in [-0.2, -0.15) is 0 Å². The minimum atomic E-state index is -1.40. The number of hydrogen-bond donors (Lipinski definition) is 0. The third kappa shape index (κ3) is 2.10. The highest BCUT2D eigenvalue weighted by atomic mass is 16.5. The van der Waals surface area contributed by atoms with E-state index in [-0.39, 0.29) is 0 Å². The molecule has 0 bridgehead atoms. The minimum absolute atomic E-state index is 0.344. The van der Waals surface area contributed by atoms with E-state index in [9.17, 15) is 14.7 Å². The van der Waals surface area contributed by atoms with E-state index in [2.05, 4.69) is 0 Å². The molecule has 1 atom stereocenters. The molecule has 1 aromatic carbocycles. The van der Waals surface area contributed by atoms with Crippen LogP contribution >= 0.6 is 0 Å². The van der Waals surface area contributed by atoms with Gasteiger partial charge < -0.3 is 19.4 Å². The lowest BCUT2D eigenvalue weighted by molar-refractivity contribution is -0.306. The van der Waals surface area contributed by atoms with E-state index in [1.165, 1.54) is 19.2 Å². The molecule has 4 nitrogen and oxygen atoms in total. The van der Waals surface area contributed by atoms with Crippen molar-refractivity contribution in [2.45, 2.75) is 5.92 Å². The van der Waals surface area contributed by atoms with E-state index in [0.717, 1.165) is 0 Å². The number of aliphatic carboxylic acids is 1. The quantitative estimate of drug-likeness (QED) is 0.487. The van der Waals surface area contributed by atoms with Crippen LogP contribution in [0.2, 0.25) is 0 Å². The van der Waals surface area contributed by atoms with Crippen molar-refractivity contribution in [2.24, 2.45) is 0 Å². The SMILES string of the molecule is COc1ccc(C(C=O)C(=O)[O-])cc1. The van der Waals surface area contributed by atoms with E-state index in [1.807, 2.05) is 0 Å². The molecule has 4 heteroatoms. The monoisotopic (exact) mass is 193 g/mol. The average Bonchev–Trinajstić information content (AvgIpc) is 2.19. The summed E-state index contributed by atoms with van der Waals surface area (Å²) in [6, 6.07) is 6.23. The fraction of sp³-hybridized carbons (Fsp3) is 0.200. The molecular formula is C10H9O4-. The number of rotatable bonds is 4. The van der Waals surface area contributed by atoms with Crippen molar-refractivity contribution < 1.29 is 19.4 Å². The molecule has 0 saturated heterocycles. The van der Waals surface area contributed by atoms with Crippen LogP contribution in [-0.2, 0) is 9.59 Å². The number of carboxylic acids is 1. The predicted molar refractivity (Wildman–Crippen MR) is 46.8 cm³/mol. The van der Waals surface area contributed by atoms with Crippen LogP contribution in [0.25, 0.3) is 0 Å². The number of ether oxygens (including phenoxy) is 1. The summed E-state index contributed by atoms with van der Waals surface area (Å²) in [7, 11) is 1.50.